The first-order valence-corrected chi connectivity index (χ1v) is 7.68. The van der Waals surface area contributed by atoms with Gasteiger partial charge in [0.15, 0.2) is 0 Å². The molecule has 1 atom stereocenters. The van der Waals surface area contributed by atoms with Crippen molar-refractivity contribution in [3.05, 3.63) is 64.7 Å². The normalized spacial score (nSPS) is 12.2. The summed E-state index contributed by atoms with van der Waals surface area (Å²) in [6.45, 7) is 0. The fraction of sp³-hybridized carbons (Fsp3) is 0.250. The van der Waals surface area contributed by atoms with E-state index in [4.69, 9.17) is 16.3 Å². The average Bonchev–Trinajstić information content (AvgIpc) is 2.46. The molecule has 1 nitrogen and oxygen atoms in total. The summed E-state index contributed by atoms with van der Waals surface area (Å²) in [6.07, 6.45) is 0.902. The summed E-state index contributed by atoms with van der Waals surface area (Å²) in [5.41, 5.74) is 2.46. The molecule has 2 rings (SSSR count). The molecule has 0 spiro atoms. The zero-order valence-electron chi connectivity index (χ0n) is 10.8. The van der Waals surface area contributed by atoms with Crippen molar-refractivity contribution >= 4 is 27.5 Å². The Morgan fingerprint density at radius 1 is 1.16 bits per heavy atom. The molecule has 1 unspecified atom stereocenters. The zero-order chi connectivity index (χ0) is 13.7. The van der Waals surface area contributed by atoms with Crippen molar-refractivity contribution in [1.29, 1.82) is 0 Å². The molecule has 0 heterocycles. The number of methoxy groups -OCH3 is 1. The second-order valence-electron chi connectivity index (χ2n) is 4.42. The highest BCUT2D eigenvalue weighted by Crippen LogP contribution is 2.29. The van der Waals surface area contributed by atoms with E-state index in [1.54, 1.807) is 7.11 Å². The smallest absolute Gasteiger partial charge is 0.122 e. The third-order valence-corrected chi connectivity index (χ3v) is 4.18. The van der Waals surface area contributed by atoms with Gasteiger partial charge in [-0.15, -0.1) is 0 Å². The standard InChI is InChI=1S/C16H16BrClO/c1-19-16-8-7-15(18)10-13(16)9-14(11-17)12-5-3-2-4-6-12/h2-8,10,14H,9,11H2,1H3. The summed E-state index contributed by atoms with van der Waals surface area (Å²) in [5, 5.41) is 1.66. The van der Waals surface area contributed by atoms with Gasteiger partial charge in [0.2, 0.25) is 0 Å². The molecule has 0 aromatic heterocycles. The second kappa shape index (κ2) is 6.97. The first kappa shape index (κ1) is 14.4. The molecule has 2 aromatic carbocycles. The Morgan fingerprint density at radius 3 is 2.53 bits per heavy atom. The molecule has 2 aromatic rings. The van der Waals surface area contributed by atoms with Crippen LogP contribution in [0.1, 0.15) is 17.0 Å². The van der Waals surface area contributed by atoms with Crippen LogP contribution >= 0.6 is 27.5 Å². The quantitative estimate of drug-likeness (QED) is 0.691. The number of benzene rings is 2. The Kier molecular flexibility index (Phi) is 5.29. The molecular formula is C16H16BrClO. The van der Waals surface area contributed by atoms with Gasteiger partial charge in [0.05, 0.1) is 7.11 Å². The van der Waals surface area contributed by atoms with Crippen LogP contribution in [0.4, 0.5) is 0 Å². The molecule has 0 saturated carbocycles. The summed E-state index contributed by atoms with van der Waals surface area (Å²) < 4.78 is 5.41. The van der Waals surface area contributed by atoms with Crippen molar-refractivity contribution in [2.75, 3.05) is 12.4 Å². The Hall–Kier alpha value is -0.990. The molecule has 3 heteroatoms. The van der Waals surface area contributed by atoms with Gasteiger partial charge >= 0.3 is 0 Å². The fourth-order valence-electron chi connectivity index (χ4n) is 2.16. The topological polar surface area (TPSA) is 9.23 Å². The van der Waals surface area contributed by atoms with Crippen LogP contribution in [0.15, 0.2) is 48.5 Å². The first-order valence-electron chi connectivity index (χ1n) is 6.18. The molecule has 0 amide bonds. The maximum absolute atomic E-state index is 6.08. The van der Waals surface area contributed by atoms with Crippen LogP contribution in [0.25, 0.3) is 0 Å². The minimum Gasteiger partial charge on any atom is -0.496 e. The van der Waals surface area contributed by atoms with Crippen molar-refractivity contribution < 1.29 is 4.74 Å². The molecule has 0 bridgehead atoms. The van der Waals surface area contributed by atoms with E-state index in [0.29, 0.717) is 5.92 Å². The summed E-state index contributed by atoms with van der Waals surface area (Å²) in [7, 11) is 1.69. The zero-order valence-corrected chi connectivity index (χ0v) is 13.1. The lowest BCUT2D eigenvalue weighted by Crippen LogP contribution is -2.05. The van der Waals surface area contributed by atoms with Crippen LogP contribution in [0, 0.1) is 0 Å². The van der Waals surface area contributed by atoms with Gasteiger partial charge in [0, 0.05) is 10.4 Å². The molecule has 0 fully saturated rings. The van der Waals surface area contributed by atoms with E-state index >= 15 is 0 Å². The van der Waals surface area contributed by atoms with E-state index < -0.39 is 0 Å². The van der Waals surface area contributed by atoms with Crippen LogP contribution in [-0.4, -0.2) is 12.4 Å². The molecule has 0 aliphatic rings. The molecular weight excluding hydrogens is 324 g/mol. The second-order valence-corrected chi connectivity index (χ2v) is 5.51. The molecule has 19 heavy (non-hydrogen) atoms. The highest BCUT2D eigenvalue weighted by molar-refractivity contribution is 9.09. The van der Waals surface area contributed by atoms with Crippen molar-refractivity contribution in [2.45, 2.75) is 12.3 Å². The number of hydrogen-bond donors (Lipinski definition) is 0. The van der Waals surface area contributed by atoms with Crippen molar-refractivity contribution in [1.82, 2.24) is 0 Å². The molecule has 0 aliphatic carbocycles. The largest absolute Gasteiger partial charge is 0.496 e. The van der Waals surface area contributed by atoms with Crippen molar-refractivity contribution in [2.24, 2.45) is 0 Å². The van der Waals surface area contributed by atoms with Crippen LogP contribution in [0.5, 0.6) is 5.75 Å². The lowest BCUT2D eigenvalue weighted by Gasteiger charge is -2.17. The molecule has 0 aliphatic heterocycles. The number of hydrogen-bond acceptors (Lipinski definition) is 1. The Bertz CT molecular complexity index is 528. The van der Waals surface area contributed by atoms with Gasteiger partial charge < -0.3 is 4.74 Å². The molecule has 100 valence electrons. The number of ether oxygens (including phenoxy) is 1. The maximum atomic E-state index is 6.08. The van der Waals surface area contributed by atoms with Gasteiger partial charge in [-0.1, -0.05) is 57.9 Å². The van der Waals surface area contributed by atoms with Crippen molar-refractivity contribution in [3.63, 3.8) is 0 Å². The van der Waals surface area contributed by atoms with E-state index in [9.17, 15) is 0 Å². The van der Waals surface area contributed by atoms with Crippen LogP contribution in [-0.2, 0) is 6.42 Å². The van der Waals surface area contributed by atoms with E-state index in [1.165, 1.54) is 5.56 Å². The van der Waals surface area contributed by atoms with Crippen LogP contribution < -0.4 is 4.74 Å². The minimum absolute atomic E-state index is 0.411. The van der Waals surface area contributed by atoms with Gasteiger partial charge in [-0.2, -0.15) is 0 Å². The SMILES string of the molecule is COc1ccc(Cl)cc1CC(CBr)c1ccccc1. The average molecular weight is 340 g/mol. The summed E-state index contributed by atoms with van der Waals surface area (Å²) in [6, 6.07) is 16.3. The first-order chi connectivity index (χ1) is 9.24. The molecule has 0 N–H and O–H groups in total. The lowest BCUT2D eigenvalue weighted by atomic mass is 9.93. The monoisotopic (exact) mass is 338 g/mol. The van der Waals surface area contributed by atoms with E-state index in [0.717, 1.165) is 28.1 Å². The van der Waals surface area contributed by atoms with Gasteiger partial charge in [-0.25, -0.2) is 0 Å². The maximum Gasteiger partial charge on any atom is 0.122 e. The Labute approximate surface area is 127 Å². The summed E-state index contributed by atoms with van der Waals surface area (Å²) >= 11 is 9.68. The molecule has 0 radical (unpaired) electrons. The lowest BCUT2D eigenvalue weighted by molar-refractivity contribution is 0.408. The van der Waals surface area contributed by atoms with Gasteiger partial charge in [0.1, 0.15) is 5.75 Å². The van der Waals surface area contributed by atoms with Crippen LogP contribution in [0.3, 0.4) is 0 Å². The van der Waals surface area contributed by atoms with Gasteiger partial charge in [-0.05, 0) is 41.7 Å². The number of alkyl halides is 1. The third-order valence-electron chi connectivity index (χ3n) is 3.17. The van der Waals surface area contributed by atoms with E-state index in [1.807, 2.05) is 24.3 Å². The minimum atomic E-state index is 0.411. The number of halogens is 2. The highest BCUT2D eigenvalue weighted by Gasteiger charge is 2.14. The predicted molar refractivity (Wildman–Crippen MR) is 84.7 cm³/mol. The van der Waals surface area contributed by atoms with Gasteiger partial charge in [-0.3, -0.25) is 0 Å². The summed E-state index contributed by atoms with van der Waals surface area (Å²) in [5.74, 6) is 1.31. The Balaban J connectivity index is 2.26. The van der Waals surface area contributed by atoms with E-state index in [2.05, 4.69) is 40.2 Å². The van der Waals surface area contributed by atoms with Crippen molar-refractivity contribution in [3.8, 4) is 5.75 Å². The van der Waals surface area contributed by atoms with Gasteiger partial charge in [0.25, 0.3) is 0 Å². The number of rotatable bonds is 5. The predicted octanol–water partition coefficient (Wildman–Crippen LogP) is 5.07. The fourth-order valence-corrected chi connectivity index (χ4v) is 2.96. The summed E-state index contributed by atoms with van der Waals surface area (Å²) in [4.78, 5) is 0. The van der Waals surface area contributed by atoms with Crippen LogP contribution in [0.2, 0.25) is 5.02 Å². The molecule has 0 saturated heterocycles. The van der Waals surface area contributed by atoms with E-state index in [-0.39, 0.29) is 0 Å². The Morgan fingerprint density at radius 2 is 1.89 bits per heavy atom. The highest BCUT2D eigenvalue weighted by atomic mass is 79.9. The third kappa shape index (κ3) is 3.74.